The highest BCUT2D eigenvalue weighted by Crippen LogP contribution is 2.11. The fourth-order valence-electron chi connectivity index (χ4n) is 1.38. The van der Waals surface area contributed by atoms with Crippen LogP contribution in [0.1, 0.15) is 12.5 Å². The van der Waals surface area contributed by atoms with E-state index in [1.165, 1.54) is 5.56 Å². The van der Waals surface area contributed by atoms with Crippen LogP contribution in [0.25, 0.3) is 0 Å². The zero-order valence-electron chi connectivity index (χ0n) is 8.54. The summed E-state index contributed by atoms with van der Waals surface area (Å²) in [6.07, 6.45) is 0. The molecule has 0 heterocycles. The minimum absolute atomic E-state index is 0.727. The highest BCUT2D eigenvalue weighted by Gasteiger charge is 2.01. The lowest BCUT2D eigenvalue weighted by Crippen LogP contribution is -2.28. The molecule has 0 spiro atoms. The van der Waals surface area contributed by atoms with Crippen molar-refractivity contribution in [1.29, 1.82) is 0 Å². The first-order valence-corrected chi connectivity index (χ1v) is 5.72. The van der Waals surface area contributed by atoms with Gasteiger partial charge in [0, 0.05) is 24.1 Å². The molecule has 0 radical (unpaired) electrons. The van der Waals surface area contributed by atoms with E-state index in [9.17, 15) is 0 Å². The van der Waals surface area contributed by atoms with E-state index >= 15 is 0 Å². The number of nitrogens with two attached hydrogens (primary N) is 1. The monoisotopic (exact) mass is 256 g/mol. The minimum Gasteiger partial charge on any atom is -0.329 e. The molecule has 0 saturated heterocycles. The topological polar surface area (TPSA) is 29.3 Å². The van der Waals surface area contributed by atoms with E-state index in [2.05, 4.69) is 52.0 Å². The van der Waals surface area contributed by atoms with Crippen LogP contribution in [0.4, 0.5) is 0 Å². The van der Waals surface area contributed by atoms with Gasteiger partial charge in [0.15, 0.2) is 0 Å². The first-order chi connectivity index (χ1) is 6.76. The molecule has 0 fully saturated rings. The summed E-state index contributed by atoms with van der Waals surface area (Å²) < 4.78 is 1.13. The summed E-state index contributed by atoms with van der Waals surface area (Å²) in [5.41, 5.74) is 6.87. The molecular formula is C11H17BrN2. The third kappa shape index (κ3) is 3.78. The van der Waals surface area contributed by atoms with Gasteiger partial charge in [-0.25, -0.2) is 0 Å². The maximum absolute atomic E-state index is 5.53. The molecule has 0 bridgehead atoms. The SMILES string of the molecule is CCN(CCN)Cc1ccc(Br)cc1. The second kappa shape index (κ2) is 6.17. The summed E-state index contributed by atoms with van der Waals surface area (Å²) >= 11 is 3.43. The lowest BCUT2D eigenvalue weighted by Gasteiger charge is -2.19. The standard InChI is InChI=1S/C11H17BrN2/c1-2-14(8-7-13)9-10-3-5-11(12)6-4-10/h3-6H,2,7-9,13H2,1H3. The number of likely N-dealkylation sites (N-methyl/N-ethyl adjacent to an activating group) is 1. The van der Waals surface area contributed by atoms with Crippen LogP contribution >= 0.6 is 15.9 Å². The molecule has 1 rings (SSSR count). The average Bonchev–Trinajstić information content (AvgIpc) is 2.20. The lowest BCUT2D eigenvalue weighted by atomic mass is 10.2. The molecule has 0 unspecified atom stereocenters. The van der Waals surface area contributed by atoms with Gasteiger partial charge >= 0.3 is 0 Å². The zero-order valence-corrected chi connectivity index (χ0v) is 10.1. The van der Waals surface area contributed by atoms with Gasteiger partial charge in [0.2, 0.25) is 0 Å². The fourth-order valence-corrected chi connectivity index (χ4v) is 1.64. The Morgan fingerprint density at radius 1 is 1.29 bits per heavy atom. The highest BCUT2D eigenvalue weighted by atomic mass is 79.9. The minimum atomic E-state index is 0.727. The first-order valence-electron chi connectivity index (χ1n) is 4.93. The molecule has 3 heteroatoms. The van der Waals surface area contributed by atoms with Crippen molar-refractivity contribution in [2.45, 2.75) is 13.5 Å². The Hall–Kier alpha value is -0.380. The highest BCUT2D eigenvalue weighted by molar-refractivity contribution is 9.10. The van der Waals surface area contributed by atoms with E-state index in [1.54, 1.807) is 0 Å². The van der Waals surface area contributed by atoms with Gasteiger partial charge in [-0.2, -0.15) is 0 Å². The van der Waals surface area contributed by atoms with E-state index in [-0.39, 0.29) is 0 Å². The van der Waals surface area contributed by atoms with Gasteiger partial charge < -0.3 is 5.73 Å². The summed E-state index contributed by atoms with van der Waals surface area (Å²) in [5, 5.41) is 0. The third-order valence-corrected chi connectivity index (χ3v) is 2.74. The Balaban J connectivity index is 2.53. The summed E-state index contributed by atoms with van der Waals surface area (Å²) in [7, 11) is 0. The predicted molar refractivity (Wildman–Crippen MR) is 64.1 cm³/mol. The molecule has 78 valence electrons. The molecule has 0 aromatic heterocycles. The molecule has 14 heavy (non-hydrogen) atoms. The number of halogens is 1. The molecule has 0 aliphatic carbocycles. The third-order valence-electron chi connectivity index (χ3n) is 2.21. The molecule has 1 aromatic carbocycles. The van der Waals surface area contributed by atoms with Crippen molar-refractivity contribution in [3.05, 3.63) is 34.3 Å². The quantitative estimate of drug-likeness (QED) is 0.876. The molecule has 2 nitrogen and oxygen atoms in total. The van der Waals surface area contributed by atoms with E-state index in [4.69, 9.17) is 5.73 Å². The molecule has 0 amide bonds. The molecule has 0 aliphatic rings. The molecule has 0 aliphatic heterocycles. The molecular weight excluding hydrogens is 240 g/mol. The van der Waals surface area contributed by atoms with Gasteiger partial charge in [0.05, 0.1) is 0 Å². The normalized spacial score (nSPS) is 10.9. The van der Waals surface area contributed by atoms with Gasteiger partial charge in [0.1, 0.15) is 0 Å². The summed E-state index contributed by atoms with van der Waals surface area (Å²) in [5.74, 6) is 0. The lowest BCUT2D eigenvalue weighted by molar-refractivity contribution is 0.288. The van der Waals surface area contributed by atoms with Crippen LogP contribution in [0, 0.1) is 0 Å². The zero-order chi connectivity index (χ0) is 10.4. The smallest absolute Gasteiger partial charge is 0.0234 e. The van der Waals surface area contributed by atoms with Crippen LogP contribution < -0.4 is 5.73 Å². The Kier molecular flexibility index (Phi) is 5.15. The number of hydrogen-bond donors (Lipinski definition) is 1. The van der Waals surface area contributed by atoms with Crippen molar-refractivity contribution in [3.63, 3.8) is 0 Å². The van der Waals surface area contributed by atoms with Crippen molar-refractivity contribution in [1.82, 2.24) is 4.90 Å². The van der Waals surface area contributed by atoms with Gasteiger partial charge in [-0.05, 0) is 24.2 Å². The maximum Gasteiger partial charge on any atom is 0.0234 e. The van der Waals surface area contributed by atoms with Crippen LogP contribution in [0.5, 0.6) is 0 Å². The van der Waals surface area contributed by atoms with Crippen molar-refractivity contribution in [2.75, 3.05) is 19.6 Å². The van der Waals surface area contributed by atoms with Gasteiger partial charge in [-0.15, -0.1) is 0 Å². The van der Waals surface area contributed by atoms with Crippen molar-refractivity contribution in [3.8, 4) is 0 Å². The fraction of sp³-hybridized carbons (Fsp3) is 0.455. The molecule has 0 saturated carbocycles. The second-order valence-electron chi connectivity index (χ2n) is 3.28. The summed E-state index contributed by atoms with van der Waals surface area (Å²) in [6.45, 7) is 5.89. The van der Waals surface area contributed by atoms with E-state index < -0.39 is 0 Å². The second-order valence-corrected chi connectivity index (χ2v) is 4.20. The van der Waals surface area contributed by atoms with Gasteiger partial charge in [-0.1, -0.05) is 35.0 Å². The van der Waals surface area contributed by atoms with E-state index in [1.807, 2.05) is 0 Å². The van der Waals surface area contributed by atoms with Gasteiger partial charge in [0.25, 0.3) is 0 Å². The summed E-state index contributed by atoms with van der Waals surface area (Å²) in [6, 6.07) is 8.43. The number of hydrogen-bond acceptors (Lipinski definition) is 2. The number of nitrogens with zero attached hydrogens (tertiary/aromatic N) is 1. The Morgan fingerprint density at radius 3 is 2.43 bits per heavy atom. The molecule has 2 N–H and O–H groups in total. The van der Waals surface area contributed by atoms with Crippen LogP contribution in [-0.2, 0) is 6.54 Å². The number of benzene rings is 1. The number of rotatable bonds is 5. The largest absolute Gasteiger partial charge is 0.329 e. The molecule has 1 aromatic rings. The summed E-state index contributed by atoms with van der Waals surface area (Å²) in [4.78, 5) is 2.34. The van der Waals surface area contributed by atoms with Crippen LogP contribution in [-0.4, -0.2) is 24.5 Å². The average molecular weight is 257 g/mol. The Bertz CT molecular complexity index is 258. The van der Waals surface area contributed by atoms with Crippen LogP contribution in [0.3, 0.4) is 0 Å². The predicted octanol–water partition coefficient (Wildman–Crippen LogP) is 2.23. The van der Waals surface area contributed by atoms with Crippen LogP contribution in [0.15, 0.2) is 28.7 Å². The van der Waals surface area contributed by atoms with E-state index in [0.29, 0.717) is 0 Å². The van der Waals surface area contributed by atoms with Crippen molar-refractivity contribution < 1.29 is 0 Å². The first kappa shape index (κ1) is 11.7. The van der Waals surface area contributed by atoms with Crippen molar-refractivity contribution in [2.24, 2.45) is 5.73 Å². The van der Waals surface area contributed by atoms with Crippen LogP contribution in [0.2, 0.25) is 0 Å². The van der Waals surface area contributed by atoms with E-state index in [0.717, 1.165) is 30.7 Å². The maximum atomic E-state index is 5.53. The Morgan fingerprint density at radius 2 is 1.93 bits per heavy atom. The van der Waals surface area contributed by atoms with Gasteiger partial charge in [-0.3, -0.25) is 4.90 Å². The molecule has 0 atom stereocenters. The Labute approximate surface area is 94.2 Å². The van der Waals surface area contributed by atoms with Crippen molar-refractivity contribution >= 4 is 15.9 Å².